The fourth-order valence-electron chi connectivity index (χ4n) is 8.29. The molecule has 0 aromatic carbocycles. The summed E-state index contributed by atoms with van der Waals surface area (Å²) in [6.45, 7) is 1.71. The molecule has 0 saturated heterocycles. The van der Waals surface area contributed by atoms with Crippen molar-refractivity contribution < 1.29 is 4.79 Å². The third kappa shape index (κ3) is 5.44. The van der Waals surface area contributed by atoms with E-state index >= 15 is 0 Å². The first-order chi connectivity index (χ1) is 14.6. The molecule has 2 atom stereocenters. The molecule has 0 aromatic heterocycles. The Bertz CT molecular complexity index is 520. The maximum absolute atomic E-state index is 11.7. The SMILES string of the molecule is CC(=O)NC12CCC(C3CCCCCC(C4CCCCCCCC4)CC3)(CC1)CC2. The zero-order valence-corrected chi connectivity index (χ0v) is 20.0. The summed E-state index contributed by atoms with van der Waals surface area (Å²) in [7, 11) is 0. The first kappa shape index (κ1) is 22.7. The number of carbonyl (C=O) groups excluding carboxylic acids is 1. The standard InChI is InChI=1S/C28H49NO/c1-23(30)29-28-20-17-27(18-21-28,19-22-28)26-14-10-6-9-13-25(15-16-26)24-11-7-4-2-3-5-8-12-24/h24-26H,2-22H2,1H3,(H,29,30). The third-order valence-corrected chi connectivity index (χ3v) is 10.2. The van der Waals surface area contributed by atoms with Gasteiger partial charge in [-0.2, -0.15) is 0 Å². The molecule has 0 radical (unpaired) electrons. The van der Waals surface area contributed by atoms with Gasteiger partial charge in [-0.3, -0.25) is 4.79 Å². The van der Waals surface area contributed by atoms with Gasteiger partial charge in [-0.1, -0.05) is 77.0 Å². The molecule has 1 amide bonds. The number of rotatable bonds is 3. The summed E-state index contributed by atoms with van der Waals surface area (Å²) in [5.41, 5.74) is 0.777. The number of fused-ring (bicyclic) bond motifs is 3. The van der Waals surface area contributed by atoms with Gasteiger partial charge in [-0.15, -0.1) is 0 Å². The lowest BCUT2D eigenvalue weighted by atomic mass is 9.51. The van der Waals surface area contributed by atoms with Crippen LogP contribution >= 0.6 is 0 Å². The number of hydrogen-bond acceptors (Lipinski definition) is 1. The van der Waals surface area contributed by atoms with Gasteiger partial charge in [0.25, 0.3) is 0 Å². The molecule has 5 rings (SSSR count). The van der Waals surface area contributed by atoms with E-state index in [1.807, 2.05) is 0 Å². The van der Waals surface area contributed by atoms with Crippen molar-refractivity contribution in [3.8, 4) is 0 Å². The van der Waals surface area contributed by atoms with Gasteiger partial charge < -0.3 is 5.32 Å². The zero-order valence-electron chi connectivity index (χ0n) is 20.0. The first-order valence-electron chi connectivity index (χ1n) is 13.9. The number of hydrogen-bond donors (Lipinski definition) is 1. The minimum absolute atomic E-state index is 0.159. The Balaban J connectivity index is 1.38. The summed E-state index contributed by atoms with van der Waals surface area (Å²) >= 11 is 0. The van der Waals surface area contributed by atoms with Gasteiger partial charge in [0.1, 0.15) is 0 Å². The molecular formula is C28H49NO. The lowest BCUT2D eigenvalue weighted by Crippen LogP contribution is -2.57. The molecule has 2 heteroatoms. The van der Waals surface area contributed by atoms with E-state index in [9.17, 15) is 4.79 Å². The highest BCUT2D eigenvalue weighted by molar-refractivity contribution is 5.73. The van der Waals surface area contributed by atoms with Crippen molar-refractivity contribution in [2.45, 2.75) is 147 Å². The van der Waals surface area contributed by atoms with Crippen LogP contribution in [0.15, 0.2) is 0 Å². The van der Waals surface area contributed by atoms with Gasteiger partial charge in [0, 0.05) is 12.5 Å². The fraction of sp³-hybridized carbons (Fsp3) is 0.964. The quantitative estimate of drug-likeness (QED) is 0.498. The first-order valence-corrected chi connectivity index (χ1v) is 13.9. The molecule has 5 aliphatic rings. The molecule has 5 aliphatic carbocycles. The molecule has 5 saturated carbocycles. The highest BCUT2D eigenvalue weighted by atomic mass is 16.1. The van der Waals surface area contributed by atoms with Crippen LogP contribution in [0, 0.1) is 23.2 Å². The summed E-state index contributed by atoms with van der Waals surface area (Å²) in [5.74, 6) is 3.20. The lowest BCUT2D eigenvalue weighted by molar-refractivity contribution is -0.124. The van der Waals surface area contributed by atoms with E-state index in [2.05, 4.69) is 5.32 Å². The van der Waals surface area contributed by atoms with Crippen LogP contribution < -0.4 is 5.32 Å². The molecule has 0 spiro atoms. The highest BCUT2D eigenvalue weighted by Gasteiger charge is 2.51. The monoisotopic (exact) mass is 415 g/mol. The second-order valence-corrected chi connectivity index (χ2v) is 12.0. The van der Waals surface area contributed by atoms with E-state index in [-0.39, 0.29) is 11.4 Å². The van der Waals surface area contributed by atoms with Crippen molar-refractivity contribution in [2.75, 3.05) is 0 Å². The number of amides is 1. The Morgan fingerprint density at radius 1 is 0.600 bits per heavy atom. The zero-order chi connectivity index (χ0) is 20.9. The molecule has 5 fully saturated rings. The van der Waals surface area contributed by atoms with E-state index in [0.717, 1.165) is 17.8 Å². The van der Waals surface area contributed by atoms with E-state index in [0.29, 0.717) is 5.41 Å². The van der Waals surface area contributed by atoms with Crippen molar-refractivity contribution in [1.82, 2.24) is 5.32 Å². The Hall–Kier alpha value is -0.530. The van der Waals surface area contributed by atoms with Crippen LogP contribution in [0.2, 0.25) is 0 Å². The topological polar surface area (TPSA) is 29.1 Å². The highest BCUT2D eigenvalue weighted by Crippen LogP contribution is 2.58. The van der Waals surface area contributed by atoms with Gasteiger partial charge in [0.05, 0.1) is 0 Å². The van der Waals surface area contributed by atoms with Crippen LogP contribution in [0.4, 0.5) is 0 Å². The lowest BCUT2D eigenvalue weighted by Gasteiger charge is -2.57. The summed E-state index contributed by atoms with van der Waals surface area (Å²) < 4.78 is 0. The average Bonchev–Trinajstić information content (AvgIpc) is 2.96. The molecular weight excluding hydrogens is 366 g/mol. The van der Waals surface area contributed by atoms with Crippen LogP contribution in [-0.2, 0) is 4.79 Å². The maximum atomic E-state index is 11.7. The molecule has 2 nitrogen and oxygen atoms in total. The maximum Gasteiger partial charge on any atom is 0.217 e. The molecule has 2 bridgehead atoms. The molecule has 172 valence electrons. The number of nitrogens with one attached hydrogen (secondary N) is 1. The Morgan fingerprint density at radius 3 is 1.63 bits per heavy atom. The second kappa shape index (κ2) is 10.4. The third-order valence-electron chi connectivity index (χ3n) is 10.2. The smallest absolute Gasteiger partial charge is 0.217 e. The molecule has 2 unspecified atom stereocenters. The van der Waals surface area contributed by atoms with Crippen molar-refractivity contribution in [3.63, 3.8) is 0 Å². The van der Waals surface area contributed by atoms with E-state index in [1.54, 1.807) is 6.92 Å². The Morgan fingerprint density at radius 2 is 1.07 bits per heavy atom. The number of carbonyl (C=O) groups is 1. The van der Waals surface area contributed by atoms with Gasteiger partial charge in [0.2, 0.25) is 5.91 Å². The molecule has 0 heterocycles. The molecule has 30 heavy (non-hydrogen) atoms. The molecule has 0 aromatic rings. The predicted octanol–water partition coefficient (Wildman–Crippen LogP) is 7.94. The summed E-state index contributed by atoms with van der Waals surface area (Å²) in [6, 6.07) is 0. The van der Waals surface area contributed by atoms with Crippen LogP contribution in [0.25, 0.3) is 0 Å². The van der Waals surface area contributed by atoms with Crippen LogP contribution in [-0.4, -0.2) is 11.4 Å². The Labute approximate surface area is 186 Å². The summed E-state index contributed by atoms with van der Waals surface area (Å²) in [5, 5.41) is 3.36. The van der Waals surface area contributed by atoms with Crippen molar-refractivity contribution in [2.24, 2.45) is 23.2 Å². The van der Waals surface area contributed by atoms with E-state index < -0.39 is 0 Å². The van der Waals surface area contributed by atoms with Crippen LogP contribution in [0.1, 0.15) is 142 Å². The van der Waals surface area contributed by atoms with E-state index in [4.69, 9.17) is 0 Å². The fourth-order valence-corrected chi connectivity index (χ4v) is 8.29. The average molecular weight is 416 g/mol. The van der Waals surface area contributed by atoms with Gasteiger partial charge >= 0.3 is 0 Å². The van der Waals surface area contributed by atoms with Gasteiger partial charge in [-0.25, -0.2) is 0 Å². The van der Waals surface area contributed by atoms with Crippen molar-refractivity contribution >= 4 is 5.91 Å². The van der Waals surface area contributed by atoms with E-state index in [1.165, 1.54) is 135 Å². The van der Waals surface area contributed by atoms with Crippen LogP contribution in [0.5, 0.6) is 0 Å². The van der Waals surface area contributed by atoms with Gasteiger partial charge in [-0.05, 0) is 81.0 Å². The normalized spacial score (nSPS) is 39.6. The van der Waals surface area contributed by atoms with Crippen LogP contribution in [0.3, 0.4) is 0 Å². The van der Waals surface area contributed by atoms with Gasteiger partial charge in [0.15, 0.2) is 0 Å². The van der Waals surface area contributed by atoms with Crippen molar-refractivity contribution in [1.29, 1.82) is 0 Å². The second-order valence-electron chi connectivity index (χ2n) is 12.0. The predicted molar refractivity (Wildman–Crippen MR) is 126 cm³/mol. The Kier molecular flexibility index (Phi) is 7.85. The largest absolute Gasteiger partial charge is 0.351 e. The summed E-state index contributed by atoms with van der Waals surface area (Å²) in [6.07, 6.45) is 30.4. The summed E-state index contributed by atoms with van der Waals surface area (Å²) in [4.78, 5) is 11.7. The minimum atomic E-state index is 0.159. The minimum Gasteiger partial charge on any atom is -0.351 e. The molecule has 1 N–H and O–H groups in total. The molecule has 0 aliphatic heterocycles. The van der Waals surface area contributed by atoms with Crippen molar-refractivity contribution in [3.05, 3.63) is 0 Å².